The first-order valence-corrected chi connectivity index (χ1v) is 13.2. The molecular weight excluding hydrogens is 522 g/mol. The average Bonchev–Trinajstić information content (AvgIpc) is 3.76. The van der Waals surface area contributed by atoms with Crippen molar-refractivity contribution in [3.8, 4) is 17.3 Å². The smallest absolute Gasteiger partial charge is 0.225 e. The van der Waals surface area contributed by atoms with Gasteiger partial charge < -0.3 is 29.7 Å². The minimum absolute atomic E-state index is 0.214. The quantitative estimate of drug-likeness (QED) is 0.310. The molecule has 0 bridgehead atoms. The van der Waals surface area contributed by atoms with Gasteiger partial charge in [-0.15, -0.1) is 5.10 Å². The Kier molecular flexibility index (Phi) is 6.20. The zero-order chi connectivity index (χ0) is 27.2. The van der Waals surface area contributed by atoms with E-state index in [0.717, 1.165) is 19.6 Å². The number of alkyl halides is 1. The lowest BCUT2D eigenvalue weighted by molar-refractivity contribution is 0.139. The van der Waals surface area contributed by atoms with Gasteiger partial charge in [0.2, 0.25) is 11.8 Å². The molecule has 7 rings (SSSR count). The van der Waals surface area contributed by atoms with E-state index in [4.69, 9.17) is 14.9 Å². The third-order valence-corrected chi connectivity index (χ3v) is 7.47. The van der Waals surface area contributed by atoms with Crippen LogP contribution in [-0.4, -0.2) is 92.1 Å². The van der Waals surface area contributed by atoms with Crippen molar-refractivity contribution in [3.63, 3.8) is 0 Å². The van der Waals surface area contributed by atoms with Gasteiger partial charge in [0.1, 0.15) is 17.7 Å². The lowest BCUT2D eigenvalue weighted by Gasteiger charge is -2.36. The molecule has 2 aliphatic rings. The SMILES string of the molecule is Nc1nc2c(ncn2CCN2CCN(c3ccc(O[C@@H]4CNC[C@@H]4F)cc3F)CC2)c2nc(-c3ccco3)nn12. The monoisotopic (exact) mass is 550 g/mol. The fourth-order valence-corrected chi connectivity index (χ4v) is 5.30. The number of anilines is 2. The number of fused-ring (bicyclic) bond motifs is 3. The molecule has 2 atom stereocenters. The fourth-order valence-electron chi connectivity index (χ4n) is 5.30. The molecule has 0 saturated carbocycles. The summed E-state index contributed by atoms with van der Waals surface area (Å²) >= 11 is 0. The molecule has 40 heavy (non-hydrogen) atoms. The molecule has 208 valence electrons. The standard InChI is InChI=1S/C26H28F2N10O2/c27-17-12-16(40-21-14-30-13-18(21)28)3-4-19(17)36-8-5-35(6-9-36)7-10-37-15-31-22-24(37)33-26(29)38-25(22)32-23(34-38)20-2-1-11-39-20/h1-4,11-12,15,18,21,30H,5-10,13-14H2,(H2,29,33)/t18-,21+/m0/s1. The normalized spacial score (nSPS) is 20.2. The maximum absolute atomic E-state index is 14.9. The average molecular weight is 551 g/mol. The Hall–Kier alpha value is -4.30. The van der Waals surface area contributed by atoms with Crippen molar-refractivity contribution in [2.45, 2.75) is 18.8 Å². The highest BCUT2D eigenvalue weighted by Crippen LogP contribution is 2.27. The molecule has 14 heteroatoms. The van der Waals surface area contributed by atoms with Gasteiger partial charge in [-0.2, -0.15) is 9.50 Å². The second-order valence-electron chi connectivity index (χ2n) is 10.0. The third-order valence-electron chi connectivity index (χ3n) is 7.47. The molecule has 0 unspecified atom stereocenters. The van der Waals surface area contributed by atoms with Crippen LogP contribution in [-0.2, 0) is 6.54 Å². The van der Waals surface area contributed by atoms with E-state index in [9.17, 15) is 8.78 Å². The summed E-state index contributed by atoms with van der Waals surface area (Å²) in [6.45, 7) is 5.02. The van der Waals surface area contributed by atoms with Gasteiger partial charge in [0.25, 0.3) is 0 Å². The van der Waals surface area contributed by atoms with Crippen LogP contribution in [0.1, 0.15) is 0 Å². The van der Waals surface area contributed by atoms with E-state index in [1.54, 1.807) is 36.9 Å². The number of nitrogens with two attached hydrogens (primary N) is 1. The number of rotatable bonds is 7. The van der Waals surface area contributed by atoms with Gasteiger partial charge in [0.15, 0.2) is 28.7 Å². The number of nitrogens with zero attached hydrogens (tertiary/aromatic N) is 8. The van der Waals surface area contributed by atoms with Crippen LogP contribution < -0.4 is 20.7 Å². The third kappa shape index (κ3) is 4.48. The van der Waals surface area contributed by atoms with E-state index in [-0.39, 0.29) is 18.3 Å². The minimum Gasteiger partial charge on any atom is -0.486 e. The summed E-state index contributed by atoms with van der Waals surface area (Å²) < 4.78 is 43.2. The summed E-state index contributed by atoms with van der Waals surface area (Å²) in [5, 5.41) is 7.35. The molecule has 12 nitrogen and oxygen atoms in total. The van der Waals surface area contributed by atoms with Gasteiger partial charge >= 0.3 is 0 Å². The maximum Gasteiger partial charge on any atom is 0.225 e. The van der Waals surface area contributed by atoms with Crippen LogP contribution in [0.15, 0.2) is 47.3 Å². The first-order valence-electron chi connectivity index (χ1n) is 13.2. The highest BCUT2D eigenvalue weighted by Gasteiger charge is 2.29. The van der Waals surface area contributed by atoms with Gasteiger partial charge in [-0.05, 0) is 24.3 Å². The Morgan fingerprint density at radius 3 is 2.70 bits per heavy atom. The number of imidazole rings is 1. The summed E-state index contributed by atoms with van der Waals surface area (Å²) in [7, 11) is 0. The van der Waals surface area contributed by atoms with Gasteiger partial charge in [-0.3, -0.25) is 4.90 Å². The molecule has 5 aromatic rings. The summed E-state index contributed by atoms with van der Waals surface area (Å²) in [6, 6.07) is 8.32. The number of nitrogen functional groups attached to an aromatic ring is 1. The summed E-state index contributed by atoms with van der Waals surface area (Å²) in [5.74, 6) is 1.15. The van der Waals surface area contributed by atoms with Crippen molar-refractivity contribution in [1.82, 2.24) is 39.3 Å². The lowest BCUT2D eigenvalue weighted by Crippen LogP contribution is -2.47. The van der Waals surface area contributed by atoms with Crippen LogP contribution in [0.4, 0.5) is 20.4 Å². The van der Waals surface area contributed by atoms with E-state index in [1.165, 1.54) is 10.6 Å². The van der Waals surface area contributed by atoms with Gasteiger partial charge in [-0.1, -0.05) is 0 Å². The zero-order valence-corrected chi connectivity index (χ0v) is 21.6. The Morgan fingerprint density at radius 2 is 1.95 bits per heavy atom. The number of hydrogen-bond donors (Lipinski definition) is 2. The number of hydrogen-bond acceptors (Lipinski definition) is 10. The Bertz CT molecular complexity index is 1640. The molecule has 0 spiro atoms. The second kappa shape index (κ2) is 10.0. The van der Waals surface area contributed by atoms with Crippen molar-refractivity contribution >= 4 is 28.4 Å². The van der Waals surface area contributed by atoms with Crippen LogP contribution in [0.5, 0.6) is 5.75 Å². The van der Waals surface area contributed by atoms with Gasteiger partial charge in [0, 0.05) is 58.4 Å². The molecule has 6 heterocycles. The Balaban J connectivity index is 0.990. The van der Waals surface area contributed by atoms with Crippen LogP contribution in [0.3, 0.4) is 0 Å². The number of halogens is 2. The molecule has 1 aromatic carbocycles. The van der Waals surface area contributed by atoms with Crippen LogP contribution in [0, 0.1) is 5.82 Å². The predicted octanol–water partition coefficient (Wildman–Crippen LogP) is 1.97. The van der Waals surface area contributed by atoms with E-state index < -0.39 is 12.3 Å². The van der Waals surface area contributed by atoms with Crippen molar-refractivity contribution in [3.05, 3.63) is 48.7 Å². The van der Waals surface area contributed by atoms with Crippen molar-refractivity contribution in [2.24, 2.45) is 0 Å². The molecule has 0 radical (unpaired) electrons. The first kappa shape index (κ1) is 24.7. The highest BCUT2D eigenvalue weighted by molar-refractivity contribution is 5.87. The maximum atomic E-state index is 14.9. The lowest BCUT2D eigenvalue weighted by atomic mass is 10.2. The molecule has 0 aliphatic carbocycles. The fraction of sp³-hybridized carbons (Fsp3) is 0.385. The molecule has 2 fully saturated rings. The van der Waals surface area contributed by atoms with Crippen LogP contribution >= 0.6 is 0 Å². The second-order valence-corrected chi connectivity index (χ2v) is 10.0. The molecular formula is C26H28F2N10O2. The van der Waals surface area contributed by atoms with E-state index in [1.807, 2.05) is 9.47 Å². The number of aromatic nitrogens is 6. The van der Waals surface area contributed by atoms with E-state index in [0.29, 0.717) is 66.0 Å². The topological polar surface area (TPSA) is 128 Å². The van der Waals surface area contributed by atoms with Crippen molar-refractivity contribution in [2.75, 3.05) is 56.4 Å². The van der Waals surface area contributed by atoms with Crippen molar-refractivity contribution in [1.29, 1.82) is 0 Å². The first-order chi connectivity index (χ1) is 19.5. The molecule has 4 aromatic heterocycles. The number of furan rings is 1. The molecule has 2 saturated heterocycles. The van der Waals surface area contributed by atoms with Crippen LogP contribution in [0.25, 0.3) is 28.4 Å². The summed E-state index contributed by atoms with van der Waals surface area (Å²) in [4.78, 5) is 18.0. The number of benzene rings is 1. The van der Waals surface area contributed by atoms with E-state index >= 15 is 0 Å². The molecule has 2 aliphatic heterocycles. The van der Waals surface area contributed by atoms with Crippen LogP contribution in [0.2, 0.25) is 0 Å². The van der Waals surface area contributed by atoms with E-state index in [2.05, 4.69) is 30.3 Å². The largest absolute Gasteiger partial charge is 0.486 e. The summed E-state index contributed by atoms with van der Waals surface area (Å²) in [5.41, 5.74) is 8.49. The minimum atomic E-state index is -1.09. The Labute approximate surface area is 227 Å². The van der Waals surface area contributed by atoms with Gasteiger partial charge in [-0.25, -0.2) is 18.7 Å². The number of ether oxygens (including phenoxy) is 1. The number of nitrogens with one attached hydrogen (secondary N) is 1. The van der Waals surface area contributed by atoms with Gasteiger partial charge in [0.05, 0.1) is 18.3 Å². The zero-order valence-electron chi connectivity index (χ0n) is 21.6. The molecule has 3 N–H and O–H groups in total. The predicted molar refractivity (Wildman–Crippen MR) is 143 cm³/mol. The summed E-state index contributed by atoms with van der Waals surface area (Å²) in [6.07, 6.45) is 1.62. The number of piperazine rings is 1. The highest BCUT2D eigenvalue weighted by atomic mass is 19.1. The molecule has 0 amide bonds. The van der Waals surface area contributed by atoms with Crippen molar-refractivity contribution < 1.29 is 17.9 Å². The Morgan fingerprint density at radius 1 is 1.07 bits per heavy atom.